The van der Waals surface area contributed by atoms with E-state index in [2.05, 4.69) is 69.8 Å². The predicted octanol–water partition coefficient (Wildman–Crippen LogP) is 5.66. The molecule has 43 heavy (non-hydrogen) atoms. The fourth-order valence-electron chi connectivity index (χ4n) is 4.65. The summed E-state index contributed by atoms with van der Waals surface area (Å²) in [4.78, 5) is 22.4. The number of imidazole rings is 1. The van der Waals surface area contributed by atoms with Crippen LogP contribution in [0.1, 0.15) is 64.7 Å². The molecular formula is C31H48N5O5PSi. The van der Waals surface area contributed by atoms with Crippen LogP contribution in [0.15, 0.2) is 43.0 Å². The number of nitrogens with zero attached hydrogens (tertiary/aromatic N) is 4. The van der Waals surface area contributed by atoms with Crippen molar-refractivity contribution in [3.05, 3.63) is 43.0 Å². The summed E-state index contributed by atoms with van der Waals surface area (Å²) >= 11 is 0. The monoisotopic (exact) mass is 629 g/mol. The molecule has 0 spiro atoms. The van der Waals surface area contributed by atoms with Crippen LogP contribution in [0.25, 0.3) is 11.2 Å². The molecule has 2 heterocycles. The van der Waals surface area contributed by atoms with E-state index in [1.807, 2.05) is 0 Å². The zero-order valence-electron chi connectivity index (χ0n) is 25.9. The van der Waals surface area contributed by atoms with Crippen molar-refractivity contribution >= 4 is 37.8 Å². The van der Waals surface area contributed by atoms with Crippen LogP contribution < -0.4 is 10.9 Å². The molecule has 0 amide bonds. The molecule has 0 saturated heterocycles. The van der Waals surface area contributed by atoms with E-state index in [-0.39, 0.29) is 19.3 Å². The molecule has 12 heteroatoms. The highest BCUT2D eigenvalue weighted by Gasteiger charge is 2.22. The van der Waals surface area contributed by atoms with Gasteiger partial charge in [-0.25, -0.2) is 15.0 Å². The fraction of sp³-hybridized carbons (Fsp3) is 0.581. The Kier molecular flexibility index (Phi) is 14.8. The largest absolute Gasteiger partial charge is 0.382 e. The maximum absolute atomic E-state index is 12.3. The summed E-state index contributed by atoms with van der Waals surface area (Å²) in [5, 5.41) is 1.41. The van der Waals surface area contributed by atoms with Crippen LogP contribution in [-0.4, -0.2) is 64.8 Å². The third kappa shape index (κ3) is 12.9. The molecule has 10 nitrogen and oxygen atoms in total. The lowest BCUT2D eigenvalue weighted by molar-refractivity contribution is 0.0610. The van der Waals surface area contributed by atoms with Gasteiger partial charge in [0.25, 0.3) is 0 Å². The van der Waals surface area contributed by atoms with Crippen LogP contribution in [0.2, 0.25) is 13.1 Å². The molecule has 0 saturated carbocycles. The summed E-state index contributed by atoms with van der Waals surface area (Å²) in [5.74, 6) is 3.74. The Morgan fingerprint density at radius 1 is 0.977 bits per heavy atom. The van der Waals surface area contributed by atoms with Gasteiger partial charge >= 0.3 is 7.60 Å². The van der Waals surface area contributed by atoms with Gasteiger partial charge in [-0.15, -0.1) is 11.5 Å². The maximum atomic E-state index is 12.3. The number of nitrogens with two attached hydrogens (primary N) is 1. The van der Waals surface area contributed by atoms with Crippen LogP contribution in [-0.2, 0) is 25.1 Å². The third-order valence-corrected chi connectivity index (χ3v) is 10.8. The number of hydrogen-bond acceptors (Lipinski definition) is 8. The summed E-state index contributed by atoms with van der Waals surface area (Å²) in [6, 6.07) is 10.7. The first-order chi connectivity index (χ1) is 20.7. The molecule has 2 atom stereocenters. The quantitative estimate of drug-likeness (QED) is 0.0703. The van der Waals surface area contributed by atoms with Gasteiger partial charge < -0.3 is 29.2 Å². The number of fused-ring (bicyclic) bond motifs is 1. The van der Waals surface area contributed by atoms with E-state index < -0.39 is 22.0 Å². The second-order valence-corrected chi connectivity index (χ2v) is 17.3. The minimum Gasteiger partial charge on any atom is -0.382 e. The first-order valence-electron chi connectivity index (χ1n) is 15.3. The van der Waals surface area contributed by atoms with Crippen LogP contribution in [0.3, 0.4) is 0 Å². The Morgan fingerprint density at radius 2 is 1.67 bits per heavy atom. The average molecular weight is 630 g/mol. The van der Waals surface area contributed by atoms with Crippen molar-refractivity contribution in [3.63, 3.8) is 0 Å². The smallest absolute Gasteiger partial charge is 0.353 e. The Labute approximate surface area is 257 Å². The molecule has 3 N–H and O–H groups in total. The standard InChI is InChI=1S/C31H48N5O5PSi/c1-27(23-36-25-35-29-30(32)33-24-34-31(29)36)40-26-42(37,38)41-21-20-39-19-15-10-8-6-4-5-7-9-11-16-22-43(2,3)28-17-13-12-14-18-28/h12-14,17-18,24-25,27H,4-11,15,19-21,23,26H2,1-3H3,(H,37,38)(H2,32,33,34)/t27-/m1/s1. The van der Waals surface area contributed by atoms with E-state index in [0.29, 0.717) is 30.1 Å². The van der Waals surface area contributed by atoms with Gasteiger partial charge in [-0.3, -0.25) is 4.57 Å². The second-order valence-electron chi connectivity index (χ2n) is 11.4. The molecule has 0 bridgehead atoms. The van der Waals surface area contributed by atoms with Crippen molar-refractivity contribution in [2.45, 2.75) is 90.5 Å². The molecule has 0 aliphatic rings. The van der Waals surface area contributed by atoms with Gasteiger partial charge in [0.1, 0.15) is 18.2 Å². The predicted molar refractivity (Wildman–Crippen MR) is 175 cm³/mol. The van der Waals surface area contributed by atoms with Gasteiger partial charge in [-0.2, -0.15) is 0 Å². The molecule has 0 fully saturated rings. The SMILES string of the molecule is C[C@H](Cn1cnc2c(N)ncnc21)OCP(=O)(O)OCCOCCCCCCCCCCC#C[Si](C)(C)c1ccccc1. The van der Waals surface area contributed by atoms with Crippen molar-refractivity contribution in [1.82, 2.24) is 19.5 Å². The van der Waals surface area contributed by atoms with Gasteiger partial charge in [0, 0.05) is 13.0 Å². The summed E-state index contributed by atoms with van der Waals surface area (Å²) < 4.78 is 30.3. The molecule has 2 aromatic heterocycles. The lowest BCUT2D eigenvalue weighted by Crippen LogP contribution is -2.39. The Hall–Kier alpha value is -2.58. The molecule has 0 aliphatic heterocycles. The van der Waals surface area contributed by atoms with E-state index in [1.54, 1.807) is 17.8 Å². The van der Waals surface area contributed by atoms with E-state index in [1.165, 1.54) is 50.0 Å². The van der Waals surface area contributed by atoms with Crippen LogP contribution in [0.4, 0.5) is 5.82 Å². The zero-order valence-corrected chi connectivity index (χ0v) is 27.8. The fourth-order valence-corrected chi connectivity index (χ4v) is 7.26. The minimum atomic E-state index is -3.88. The van der Waals surface area contributed by atoms with E-state index in [0.717, 1.165) is 19.3 Å². The molecule has 3 rings (SSSR count). The molecule has 236 valence electrons. The van der Waals surface area contributed by atoms with Crippen molar-refractivity contribution in [2.75, 3.05) is 31.9 Å². The first-order valence-corrected chi connectivity index (χ1v) is 20.1. The Morgan fingerprint density at radius 3 is 2.42 bits per heavy atom. The third-order valence-electron chi connectivity index (χ3n) is 7.16. The van der Waals surface area contributed by atoms with Crippen molar-refractivity contribution in [2.24, 2.45) is 0 Å². The summed E-state index contributed by atoms with van der Waals surface area (Å²) in [7, 11) is -5.51. The highest BCUT2D eigenvalue weighted by molar-refractivity contribution is 7.52. The number of ether oxygens (including phenoxy) is 2. The topological polar surface area (TPSA) is 135 Å². The van der Waals surface area contributed by atoms with Crippen LogP contribution >= 0.6 is 7.60 Å². The zero-order chi connectivity index (χ0) is 31.0. The normalized spacial score (nSPS) is 13.9. The van der Waals surface area contributed by atoms with Crippen molar-refractivity contribution in [3.8, 4) is 11.5 Å². The minimum absolute atomic E-state index is 0.0458. The number of benzene rings is 1. The first kappa shape index (κ1) is 34.9. The van der Waals surface area contributed by atoms with Gasteiger partial charge in [-0.05, 0) is 25.0 Å². The maximum Gasteiger partial charge on any atom is 0.353 e. The molecule has 0 radical (unpaired) electrons. The number of unbranched alkanes of at least 4 members (excludes halogenated alkanes) is 8. The summed E-state index contributed by atoms with van der Waals surface area (Å²) in [5.41, 5.74) is 10.5. The Balaban J connectivity index is 1.12. The second kappa shape index (κ2) is 18.3. The molecule has 3 aromatic rings. The molecule has 1 aromatic carbocycles. The highest BCUT2D eigenvalue weighted by atomic mass is 31.2. The van der Waals surface area contributed by atoms with Gasteiger partial charge in [0.2, 0.25) is 0 Å². The van der Waals surface area contributed by atoms with Crippen LogP contribution in [0.5, 0.6) is 0 Å². The number of hydrogen-bond donors (Lipinski definition) is 2. The number of rotatable bonds is 20. The molecule has 0 aliphatic carbocycles. The number of nitrogen functional groups attached to an aromatic ring is 1. The summed E-state index contributed by atoms with van der Waals surface area (Å²) in [6.45, 7) is 7.77. The Bertz CT molecular complexity index is 1340. The highest BCUT2D eigenvalue weighted by Crippen LogP contribution is 2.41. The van der Waals surface area contributed by atoms with Gasteiger partial charge in [0.15, 0.2) is 19.5 Å². The van der Waals surface area contributed by atoms with Gasteiger partial charge in [0.05, 0.1) is 32.2 Å². The van der Waals surface area contributed by atoms with Crippen LogP contribution in [0, 0.1) is 11.5 Å². The average Bonchev–Trinajstić information content (AvgIpc) is 3.40. The van der Waals surface area contributed by atoms with E-state index >= 15 is 0 Å². The van der Waals surface area contributed by atoms with Crippen molar-refractivity contribution in [1.29, 1.82) is 0 Å². The van der Waals surface area contributed by atoms with E-state index in [9.17, 15) is 9.46 Å². The lowest BCUT2D eigenvalue weighted by Gasteiger charge is -2.17. The van der Waals surface area contributed by atoms with E-state index in [4.69, 9.17) is 19.7 Å². The van der Waals surface area contributed by atoms with Crippen molar-refractivity contribution < 1.29 is 23.5 Å². The summed E-state index contributed by atoms with van der Waals surface area (Å²) in [6.07, 6.45) is 12.7. The lowest BCUT2D eigenvalue weighted by atomic mass is 10.1. The molecular weight excluding hydrogens is 581 g/mol. The van der Waals surface area contributed by atoms with Gasteiger partial charge in [-0.1, -0.05) is 82.0 Å². The number of aromatic nitrogens is 4. The molecule has 1 unspecified atom stereocenters. The number of anilines is 1.